The van der Waals surface area contributed by atoms with Crippen molar-refractivity contribution in [2.45, 2.75) is 24.3 Å². The van der Waals surface area contributed by atoms with E-state index in [0.29, 0.717) is 10.1 Å². The molecule has 1 aromatic heterocycles. The van der Waals surface area contributed by atoms with Gasteiger partial charge < -0.3 is 9.42 Å². The van der Waals surface area contributed by atoms with Gasteiger partial charge in [-0.2, -0.15) is 0 Å². The van der Waals surface area contributed by atoms with Gasteiger partial charge in [0.15, 0.2) is 33.1 Å². The van der Waals surface area contributed by atoms with Crippen LogP contribution in [0.4, 0.5) is 0 Å². The number of sulfone groups is 1. The van der Waals surface area contributed by atoms with E-state index in [4.69, 9.17) is 16.1 Å². The van der Waals surface area contributed by atoms with Crippen LogP contribution in [0, 0.1) is 12.8 Å². The van der Waals surface area contributed by atoms with Gasteiger partial charge in [0.1, 0.15) is 0 Å². The Labute approximate surface area is 192 Å². The van der Waals surface area contributed by atoms with Gasteiger partial charge in [-0.3, -0.25) is 14.4 Å². The van der Waals surface area contributed by atoms with Gasteiger partial charge in [-0.25, -0.2) is 8.42 Å². The summed E-state index contributed by atoms with van der Waals surface area (Å²) in [4.78, 5) is 39.8. The standard InChI is InChI=1S/C19H18ClIN2O6S/c1-9-6-13(29-22-9)16-14(30(3,27)28)5-4-11(17(16)20)18(25)15-12(24)7-10(8-21)23(2)19(15)26/h4-6,10,15H,7-8H2,1-3H3. The first kappa shape index (κ1) is 22.9. The van der Waals surface area contributed by atoms with Gasteiger partial charge in [0.2, 0.25) is 5.91 Å². The van der Waals surface area contributed by atoms with E-state index >= 15 is 0 Å². The first-order valence-corrected chi connectivity index (χ1v) is 12.6. The number of carbonyl (C=O) groups is 3. The van der Waals surface area contributed by atoms with Crippen molar-refractivity contribution in [3.8, 4) is 11.3 Å². The molecule has 1 aliphatic heterocycles. The largest absolute Gasteiger partial charge is 0.356 e. The summed E-state index contributed by atoms with van der Waals surface area (Å²) in [5, 5.41) is 3.53. The Hall–Kier alpha value is -1.79. The Balaban J connectivity index is 2.14. The van der Waals surface area contributed by atoms with Crippen LogP contribution >= 0.6 is 34.2 Å². The lowest BCUT2D eigenvalue weighted by molar-refractivity contribution is -0.144. The molecule has 30 heavy (non-hydrogen) atoms. The normalized spacial score (nSPS) is 20.0. The van der Waals surface area contributed by atoms with Gasteiger partial charge >= 0.3 is 0 Å². The number of hydrogen-bond donors (Lipinski definition) is 0. The molecule has 2 atom stereocenters. The summed E-state index contributed by atoms with van der Waals surface area (Å²) < 4.78 is 30.3. The monoisotopic (exact) mass is 564 g/mol. The van der Waals surface area contributed by atoms with Gasteiger partial charge in [0.05, 0.1) is 21.2 Å². The Morgan fingerprint density at radius 1 is 1.37 bits per heavy atom. The molecule has 11 heteroatoms. The summed E-state index contributed by atoms with van der Waals surface area (Å²) in [6.45, 7) is 1.65. The molecule has 1 saturated heterocycles. The number of benzene rings is 1. The third-order valence-electron chi connectivity index (χ3n) is 4.98. The number of amides is 1. The second-order valence-corrected chi connectivity index (χ2v) is 10.4. The molecule has 2 unspecified atom stereocenters. The molecule has 2 aromatic rings. The van der Waals surface area contributed by atoms with Crippen molar-refractivity contribution in [3.05, 3.63) is 34.5 Å². The number of hydrogen-bond acceptors (Lipinski definition) is 7. The maximum absolute atomic E-state index is 13.2. The van der Waals surface area contributed by atoms with Gasteiger partial charge in [0.25, 0.3) is 0 Å². The van der Waals surface area contributed by atoms with Crippen LogP contribution in [0.5, 0.6) is 0 Å². The van der Waals surface area contributed by atoms with Crippen molar-refractivity contribution in [1.29, 1.82) is 0 Å². The van der Waals surface area contributed by atoms with E-state index in [2.05, 4.69) is 27.7 Å². The molecule has 2 heterocycles. The minimum atomic E-state index is -3.73. The highest BCUT2D eigenvalue weighted by atomic mass is 127. The topological polar surface area (TPSA) is 115 Å². The lowest BCUT2D eigenvalue weighted by atomic mass is 9.85. The molecule has 1 aromatic carbocycles. The third kappa shape index (κ3) is 4.04. The Bertz CT molecular complexity index is 1160. The molecule has 0 aliphatic carbocycles. The predicted octanol–water partition coefficient (Wildman–Crippen LogP) is 2.74. The van der Waals surface area contributed by atoms with Crippen LogP contribution < -0.4 is 0 Å². The van der Waals surface area contributed by atoms with E-state index < -0.39 is 33.2 Å². The zero-order valence-corrected chi connectivity index (χ0v) is 20.0. The Kier molecular flexibility index (Phi) is 6.40. The fourth-order valence-corrected chi connectivity index (χ4v) is 5.55. The first-order valence-electron chi connectivity index (χ1n) is 8.83. The van der Waals surface area contributed by atoms with Crippen LogP contribution in [0.1, 0.15) is 22.5 Å². The number of alkyl halides is 1. The smallest absolute Gasteiger partial charge is 0.241 e. The molecular formula is C19H18ClIN2O6S. The molecule has 0 radical (unpaired) electrons. The first-order chi connectivity index (χ1) is 14.0. The fourth-order valence-electron chi connectivity index (χ4n) is 3.35. The Morgan fingerprint density at radius 2 is 2.03 bits per heavy atom. The van der Waals surface area contributed by atoms with E-state index in [0.717, 1.165) is 6.26 Å². The zero-order valence-electron chi connectivity index (χ0n) is 16.3. The van der Waals surface area contributed by atoms with Gasteiger partial charge in [-0.1, -0.05) is 39.3 Å². The molecule has 1 aliphatic rings. The highest BCUT2D eigenvalue weighted by molar-refractivity contribution is 14.1. The number of Topliss-reactive ketones (excluding diaryl/α,β-unsaturated/α-hetero) is 2. The summed E-state index contributed by atoms with van der Waals surface area (Å²) >= 11 is 8.54. The Morgan fingerprint density at radius 3 is 2.57 bits per heavy atom. The van der Waals surface area contributed by atoms with Crippen molar-refractivity contribution in [1.82, 2.24) is 10.1 Å². The van der Waals surface area contributed by atoms with Crippen molar-refractivity contribution in [2.24, 2.45) is 5.92 Å². The zero-order chi connectivity index (χ0) is 22.4. The maximum Gasteiger partial charge on any atom is 0.241 e. The second-order valence-electron chi connectivity index (χ2n) is 7.13. The van der Waals surface area contributed by atoms with E-state index in [9.17, 15) is 22.8 Å². The number of aryl methyl sites for hydroxylation is 1. The summed E-state index contributed by atoms with van der Waals surface area (Å²) in [5.41, 5.74) is 0.335. The van der Waals surface area contributed by atoms with Crippen molar-refractivity contribution in [3.63, 3.8) is 0 Å². The summed E-state index contributed by atoms with van der Waals surface area (Å²) in [5.74, 6) is -3.30. The van der Waals surface area contributed by atoms with Gasteiger partial charge in [0, 0.05) is 41.8 Å². The minimum Gasteiger partial charge on any atom is -0.356 e. The molecule has 0 saturated carbocycles. The quantitative estimate of drug-likeness (QED) is 0.237. The number of piperidine rings is 1. The number of halogens is 2. The average molecular weight is 565 g/mol. The number of aromatic nitrogens is 1. The number of carbonyl (C=O) groups excluding carboxylic acids is 3. The van der Waals surface area contributed by atoms with E-state index in [1.807, 2.05) is 0 Å². The molecular weight excluding hydrogens is 547 g/mol. The lowest BCUT2D eigenvalue weighted by Crippen LogP contribution is -2.53. The van der Waals surface area contributed by atoms with Crippen LogP contribution in [-0.2, 0) is 19.4 Å². The van der Waals surface area contributed by atoms with E-state index in [-0.39, 0.29) is 39.3 Å². The van der Waals surface area contributed by atoms with E-state index in [1.54, 1.807) is 14.0 Å². The summed E-state index contributed by atoms with van der Waals surface area (Å²) in [7, 11) is -2.18. The van der Waals surface area contributed by atoms with Crippen LogP contribution in [0.2, 0.25) is 5.02 Å². The van der Waals surface area contributed by atoms with Gasteiger partial charge in [-0.15, -0.1) is 0 Å². The van der Waals surface area contributed by atoms with Crippen molar-refractivity contribution in [2.75, 3.05) is 17.7 Å². The fraction of sp³-hybridized carbons (Fsp3) is 0.368. The third-order valence-corrected chi connectivity index (χ3v) is 7.53. The second kappa shape index (κ2) is 8.39. The highest BCUT2D eigenvalue weighted by Gasteiger charge is 2.44. The van der Waals surface area contributed by atoms with E-state index in [1.165, 1.54) is 23.1 Å². The summed E-state index contributed by atoms with van der Waals surface area (Å²) in [6, 6.07) is 3.65. The molecule has 0 N–H and O–H groups in total. The lowest BCUT2D eigenvalue weighted by Gasteiger charge is -2.34. The van der Waals surface area contributed by atoms with Crippen LogP contribution in [0.15, 0.2) is 27.6 Å². The van der Waals surface area contributed by atoms with Crippen LogP contribution in [0.3, 0.4) is 0 Å². The predicted molar refractivity (Wildman–Crippen MR) is 118 cm³/mol. The molecule has 3 rings (SSSR count). The molecule has 8 nitrogen and oxygen atoms in total. The SMILES string of the molecule is Cc1cc(-c2c(S(C)(=O)=O)ccc(C(=O)C3C(=O)CC(CI)N(C)C3=O)c2Cl)on1. The van der Waals surface area contributed by atoms with Crippen molar-refractivity contribution >= 4 is 61.5 Å². The molecule has 1 fully saturated rings. The average Bonchev–Trinajstić information content (AvgIpc) is 3.09. The maximum atomic E-state index is 13.2. The number of ketones is 2. The van der Waals surface area contributed by atoms with Gasteiger partial charge in [-0.05, 0) is 19.1 Å². The minimum absolute atomic E-state index is 0.0279. The number of nitrogens with zero attached hydrogens (tertiary/aromatic N) is 2. The molecule has 0 spiro atoms. The molecule has 1 amide bonds. The number of likely N-dealkylation sites (tertiary alicyclic amines) is 1. The number of rotatable bonds is 5. The van der Waals surface area contributed by atoms with Crippen LogP contribution in [0.25, 0.3) is 11.3 Å². The highest BCUT2D eigenvalue weighted by Crippen LogP contribution is 2.38. The van der Waals surface area contributed by atoms with Crippen LogP contribution in [-0.4, -0.2) is 59.7 Å². The summed E-state index contributed by atoms with van der Waals surface area (Å²) in [6.07, 6.45) is 1.06. The molecule has 0 bridgehead atoms. The van der Waals surface area contributed by atoms with Crippen molar-refractivity contribution < 1.29 is 27.3 Å². The molecule has 160 valence electrons.